The largest absolute Gasteiger partial charge is 0.501 e. The molecule has 0 radical (unpaired) electrons. The van der Waals surface area contributed by atoms with Crippen LogP contribution in [0.4, 0.5) is 0 Å². The number of thioether (sulfide) groups is 1. The van der Waals surface area contributed by atoms with E-state index in [1.165, 1.54) is 127 Å². The third-order valence-electron chi connectivity index (χ3n) is 7.92. The van der Waals surface area contributed by atoms with Gasteiger partial charge in [-0.1, -0.05) is 141 Å². The molecule has 0 aromatic heterocycles. The summed E-state index contributed by atoms with van der Waals surface area (Å²) in [5.41, 5.74) is 0. The van der Waals surface area contributed by atoms with Crippen LogP contribution in [0.2, 0.25) is 6.04 Å². The summed E-state index contributed by atoms with van der Waals surface area (Å²) in [4.78, 5) is 12.3. The first kappa shape index (κ1) is 41.1. The molecule has 0 saturated carbocycles. The molecule has 0 aromatic carbocycles. The van der Waals surface area contributed by atoms with Crippen molar-refractivity contribution in [3.8, 4) is 0 Å². The normalized spacial score (nSPS) is 12.7. The molecule has 1 atom stereocenters. The maximum Gasteiger partial charge on any atom is 0.501 e. The fourth-order valence-corrected chi connectivity index (χ4v) is 9.01. The molecule has 0 fully saturated rings. The second-order valence-electron chi connectivity index (χ2n) is 11.7. The van der Waals surface area contributed by atoms with Gasteiger partial charge in [0.25, 0.3) is 0 Å². The molecule has 0 aliphatic carbocycles. The van der Waals surface area contributed by atoms with Crippen LogP contribution >= 0.6 is 11.8 Å². The summed E-state index contributed by atoms with van der Waals surface area (Å²) in [7, 11) is -0.705. The average molecular weight is 618 g/mol. The molecule has 1 N–H and O–H groups in total. The van der Waals surface area contributed by atoms with Crippen molar-refractivity contribution < 1.29 is 18.1 Å². The standard InChI is InChI=1S/C34H71NO4SSi/c1-6-10-12-14-15-16-17-18-19-20-21-22-24-25-28-33(35-5)32-39-41(37-8-3,38-9-4)31-27-30-40-34(36)29-26-23-13-11-7-2/h33,35H,6-32H2,1-5H3. The molecule has 0 aliphatic heterocycles. The van der Waals surface area contributed by atoms with E-state index in [-0.39, 0.29) is 0 Å². The van der Waals surface area contributed by atoms with E-state index >= 15 is 0 Å². The second kappa shape index (κ2) is 31.5. The van der Waals surface area contributed by atoms with Gasteiger partial charge in [-0.2, -0.15) is 0 Å². The molecule has 0 heterocycles. The number of carbonyl (C=O) groups excluding carboxylic acids is 1. The van der Waals surface area contributed by atoms with E-state index in [4.69, 9.17) is 13.3 Å². The van der Waals surface area contributed by atoms with Crippen LogP contribution in [0.15, 0.2) is 0 Å². The number of likely N-dealkylation sites (N-methyl/N-ethyl adjacent to an activating group) is 1. The average Bonchev–Trinajstić information content (AvgIpc) is 2.97. The number of nitrogens with one attached hydrogen (secondary N) is 1. The predicted octanol–water partition coefficient (Wildman–Crippen LogP) is 10.5. The van der Waals surface area contributed by atoms with E-state index in [1.807, 2.05) is 20.9 Å². The second-order valence-corrected chi connectivity index (χ2v) is 15.6. The number of carbonyl (C=O) groups is 1. The summed E-state index contributed by atoms with van der Waals surface area (Å²) < 4.78 is 18.8. The van der Waals surface area contributed by atoms with Crippen molar-refractivity contribution in [2.75, 3.05) is 32.6 Å². The van der Waals surface area contributed by atoms with Gasteiger partial charge in [0.2, 0.25) is 0 Å². The minimum absolute atomic E-state index is 0.323. The van der Waals surface area contributed by atoms with Crippen LogP contribution in [0.5, 0.6) is 0 Å². The van der Waals surface area contributed by atoms with Crippen molar-refractivity contribution in [2.45, 2.75) is 181 Å². The molecule has 0 rings (SSSR count). The summed E-state index contributed by atoms with van der Waals surface area (Å²) in [6.45, 7) is 10.4. The minimum Gasteiger partial charge on any atom is -0.374 e. The van der Waals surface area contributed by atoms with E-state index in [2.05, 4.69) is 19.2 Å². The zero-order chi connectivity index (χ0) is 30.3. The topological polar surface area (TPSA) is 56.8 Å². The molecule has 0 aliphatic rings. The Labute approximate surface area is 262 Å². The van der Waals surface area contributed by atoms with Crippen LogP contribution in [0.1, 0.15) is 169 Å². The Morgan fingerprint density at radius 1 is 0.634 bits per heavy atom. The predicted molar refractivity (Wildman–Crippen MR) is 183 cm³/mol. The molecule has 7 heteroatoms. The molecule has 1 unspecified atom stereocenters. The van der Waals surface area contributed by atoms with Crippen LogP contribution in [-0.2, 0) is 18.1 Å². The Hall–Kier alpha value is 0.0769. The third kappa shape index (κ3) is 26.2. The fourth-order valence-electron chi connectivity index (χ4n) is 5.32. The van der Waals surface area contributed by atoms with Crippen molar-refractivity contribution in [1.82, 2.24) is 5.32 Å². The van der Waals surface area contributed by atoms with Gasteiger partial charge < -0.3 is 18.6 Å². The van der Waals surface area contributed by atoms with Crippen LogP contribution in [0.25, 0.3) is 0 Å². The summed E-state index contributed by atoms with van der Waals surface area (Å²) >= 11 is 1.48. The Morgan fingerprint density at radius 3 is 1.56 bits per heavy atom. The van der Waals surface area contributed by atoms with Crippen molar-refractivity contribution >= 4 is 25.7 Å². The number of unbranched alkanes of at least 4 members (excludes halogenated alkanes) is 17. The minimum atomic E-state index is -2.74. The Morgan fingerprint density at radius 2 is 1.10 bits per heavy atom. The lowest BCUT2D eigenvalue weighted by Crippen LogP contribution is -2.48. The first-order valence-electron chi connectivity index (χ1n) is 17.8. The van der Waals surface area contributed by atoms with Gasteiger partial charge >= 0.3 is 8.80 Å². The zero-order valence-electron chi connectivity index (χ0n) is 28.2. The third-order valence-corrected chi connectivity index (χ3v) is 12.0. The first-order valence-corrected chi connectivity index (χ1v) is 20.7. The highest BCUT2D eigenvalue weighted by Gasteiger charge is 2.40. The van der Waals surface area contributed by atoms with Gasteiger partial charge in [0, 0.05) is 37.5 Å². The Balaban J connectivity index is 4.13. The van der Waals surface area contributed by atoms with Crippen molar-refractivity contribution in [3.05, 3.63) is 0 Å². The van der Waals surface area contributed by atoms with E-state index < -0.39 is 8.80 Å². The summed E-state index contributed by atoms with van der Waals surface area (Å²) in [6, 6.07) is 1.10. The Bertz CT molecular complexity index is 549. The molecule has 0 aromatic rings. The van der Waals surface area contributed by atoms with Gasteiger partial charge in [-0.15, -0.1) is 0 Å². The van der Waals surface area contributed by atoms with Crippen LogP contribution in [0, 0.1) is 0 Å². The lowest BCUT2D eigenvalue weighted by atomic mass is 10.0. The maximum absolute atomic E-state index is 12.3. The number of hydrogen-bond donors (Lipinski definition) is 1. The molecule has 0 bridgehead atoms. The SMILES string of the molecule is CCCCCCCCCCCCCCCCC(CO[Si](CCCSC(=O)CCCCCCC)(OCC)OCC)NC. The van der Waals surface area contributed by atoms with Gasteiger partial charge in [0.15, 0.2) is 5.12 Å². The lowest BCUT2D eigenvalue weighted by Gasteiger charge is -2.30. The first-order chi connectivity index (χ1) is 20.1. The van der Waals surface area contributed by atoms with E-state index in [1.54, 1.807) is 0 Å². The van der Waals surface area contributed by atoms with Crippen LogP contribution < -0.4 is 5.32 Å². The quantitative estimate of drug-likeness (QED) is 0.0584. The molecular weight excluding hydrogens is 547 g/mol. The Kier molecular flexibility index (Phi) is 31.6. The summed E-state index contributed by atoms with van der Waals surface area (Å²) in [6.07, 6.45) is 28.1. The highest BCUT2D eigenvalue weighted by molar-refractivity contribution is 8.13. The van der Waals surface area contributed by atoms with Crippen LogP contribution in [0.3, 0.4) is 0 Å². The van der Waals surface area contributed by atoms with Gasteiger partial charge in [-0.25, -0.2) is 0 Å². The van der Waals surface area contributed by atoms with Crippen molar-refractivity contribution in [3.63, 3.8) is 0 Å². The number of rotatable bonds is 33. The molecule has 5 nitrogen and oxygen atoms in total. The van der Waals surface area contributed by atoms with Crippen LogP contribution in [-0.4, -0.2) is 52.6 Å². The summed E-state index contributed by atoms with van der Waals surface area (Å²) in [5, 5.41) is 3.78. The lowest BCUT2D eigenvalue weighted by molar-refractivity contribution is -0.111. The zero-order valence-corrected chi connectivity index (χ0v) is 30.0. The highest BCUT2D eigenvalue weighted by atomic mass is 32.2. The molecule has 0 amide bonds. The highest BCUT2D eigenvalue weighted by Crippen LogP contribution is 2.22. The van der Waals surface area contributed by atoms with E-state index in [0.717, 1.165) is 31.1 Å². The van der Waals surface area contributed by atoms with E-state index in [0.29, 0.717) is 37.4 Å². The molecule has 246 valence electrons. The molecule has 0 saturated heterocycles. The number of hydrogen-bond acceptors (Lipinski definition) is 6. The molecular formula is C34H71NO4SSi. The van der Waals surface area contributed by atoms with Gasteiger partial charge in [-0.3, -0.25) is 4.79 Å². The maximum atomic E-state index is 12.3. The van der Waals surface area contributed by atoms with Crippen molar-refractivity contribution in [1.29, 1.82) is 0 Å². The van der Waals surface area contributed by atoms with Gasteiger partial charge in [0.05, 0.1) is 6.61 Å². The van der Waals surface area contributed by atoms with Gasteiger partial charge in [-0.05, 0) is 40.2 Å². The fraction of sp³-hybridized carbons (Fsp3) is 0.971. The smallest absolute Gasteiger partial charge is 0.374 e. The molecule has 41 heavy (non-hydrogen) atoms. The van der Waals surface area contributed by atoms with Crippen molar-refractivity contribution in [2.24, 2.45) is 0 Å². The molecule has 0 spiro atoms. The van der Waals surface area contributed by atoms with E-state index in [9.17, 15) is 4.79 Å². The summed E-state index contributed by atoms with van der Waals surface area (Å²) in [5.74, 6) is 0.820. The van der Waals surface area contributed by atoms with Gasteiger partial charge in [0.1, 0.15) is 0 Å². The monoisotopic (exact) mass is 617 g/mol.